The van der Waals surface area contributed by atoms with Gasteiger partial charge in [0, 0.05) is 6.54 Å². The molecule has 0 amide bonds. The van der Waals surface area contributed by atoms with Crippen molar-refractivity contribution >= 4 is 5.97 Å². The molecule has 0 aliphatic heterocycles. The van der Waals surface area contributed by atoms with Gasteiger partial charge in [0.2, 0.25) is 0 Å². The number of esters is 1. The number of benzene rings is 1. The number of carbonyl (C=O) groups is 1. The van der Waals surface area contributed by atoms with Crippen LogP contribution in [0.3, 0.4) is 0 Å². The maximum atomic E-state index is 12.1. The van der Waals surface area contributed by atoms with Crippen LogP contribution in [-0.4, -0.2) is 37.6 Å². The molecule has 2 N–H and O–H groups in total. The van der Waals surface area contributed by atoms with Crippen molar-refractivity contribution in [1.29, 1.82) is 0 Å². The van der Waals surface area contributed by atoms with Crippen LogP contribution in [0.4, 0.5) is 0 Å². The number of likely N-dealkylation sites (N-methyl/N-ethyl adjacent to an activating group) is 1. The summed E-state index contributed by atoms with van der Waals surface area (Å²) in [5.74, 6) is -0.395. The molecule has 0 spiro atoms. The summed E-state index contributed by atoms with van der Waals surface area (Å²) in [6.07, 6.45) is 1.03. The molecular weight excluding hydrogens is 240 g/mol. The minimum atomic E-state index is -1.11. The first-order valence-corrected chi connectivity index (χ1v) is 6.73. The Balaban J connectivity index is 3.03. The average Bonchev–Trinajstić information content (AvgIpc) is 2.46. The zero-order chi connectivity index (χ0) is 14.3. The molecule has 0 aliphatic rings. The van der Waals surface area contributed by atoms with Gasteiger partial charge in [-0.3, -0.25) is 0 Å². The van der Waals surface area contributed by atoms with E-state index in [0.29, 0.717) is 6.54 Å². The van der Waals surface area contributed by atoms with E-state index in [0.717, 1.165) is 25.1 Å². The van der Waals surface area contributed by atoms with Crippen molar-refractivity contribution in [2.24, 2.45) is 5.73 Å². The molecule has 0 fully saturated rings. The van der Waals surface area contributed by atoms with Crippen molar-refractivity contribution in [3.63, 3.8) is 0 Å². The second-order valence-electron chi connectivity index (χ2n) is 4.70. The summed E-state index contributed by atoms with van der Waals surface area (Å²) in [4.78, 5) is 14.3. The molecule has 0 radical (unpaired) electrons. The Hall–Kier alpha value is -1.39. The summed E-state index contributed by atoms with van der Waals surface area (Å²) in [6.45, 7) is 6.42. The number of ether oxygens (including phenoxy) is 1. The van der Waals surface area contributed by atoms with Crippen molar-refractivity contribution < 1.29 is 9.53 Å². The fourth-order valence-electron chi connectivity index (χ4n) is 2.21. The quantitative estimate of drug-likeness (QED) is 0.762. The lowest BCUT2D eigenvalue weighted by atomic mass is 9.90. The van der Waals surface area contributed by atoms with Gasteiger partial charge in [0.1, 0.15) is 0 Å². The minimum absolute atomic E-state index is 0.395. The van der Waals surface area contributed by atoms with Crippen LogP contribution in [0.5, 0.6) is 0 Å². The number of nitrogens with zero attached hydrogens (tertiary/aromatic N) is 1. The van der Waals surface area contributed by atoms with E-state index in [9.17, 15) is 4.79 Å². The van der Waals surface area contributed by atoms with Crippen molar-refractivity contribution in [1.82, 2.24) is 4.90 Å². The molecule has 1 aromatic carbocycles. The molecule has 106 valence electrons. The Morgan fingerprint density at radius 1 is 1.32 bits per heavy atom. The molecule has 4 heteroatoms. The fraction of sp³-hybridized carbons (Fsp3) is 0.533. The van der Waals surface area contributed by atoms with Crippen LogP contribution >= 0.6 is 0 Å². The van der Waals surface area contributed by atoms with Gasteiger partial charge in [0.15, 0.2) is 5.54 Å². The number of rotatable bonds is 7. The number of nitrogens with two attached hydrogens (primary N) is 1. The first-order valence-electron chi connectivity index (χ1n) is 6.73. The molecule has 0 aromatic heterocycles. The first-order chi connectivity index (χ1) is 9.08. The third-order valence-corrected chi connectivity index (χ3v) is 3.30. The van der Waals surface area contributed by atoms with E-state index < -0.39 is 11.5 Å². The molecule has 0 saturated heterocycles. The average molecular weight is 264 g/mol. The monoisotopic (exact) mass is 264 g/mol. The molecule has 4 nitrogen and oxygen atoms in total. The molecule has 0 bridgehead atoms. The highest BCUT2D eigenvalue weighted by Crippen LogP contribution is 2.21. The maximum Gasteiger partial charge on any atom is 0.331 e. The van der Waals surface area contributed by atoms with Gasteiger partial charge in [-0.25, -0.2) is 4.79 Å². The zero-order valence-electron chi connectivity index (χ0n) is 12.1. The lowest BCUT2D eigenvalue weighted by molar-refractivity contribution is -0.148. The second kappa shape index (κ2) is 7.26. The molecule has 0 aliphatic carbocycles. The molecule has 1 unspecified atom stereocenters. The van der Waals surface area contributed by atoms with Crippen molar-refractivity contribution in [2.75, 3.05) is 26.7 Å². The lowest BCUT2D eigenvalue weighted by Gasteiger charge is -2.33. The SMILES string of the molecule is CCCN(CC)CC(N)(C(=O)OC)c1ccccc1. The molecule has 0 saturated carbocycles. The third-order valence-electron chi connectivity index (χ3n) is 3.30. The van der Waals surface area contributed by atoms with Gasteiger partial charge in [-0.1, -0.05) is 44.2 Å². The smallest absolute Gasteiger partial charge is 0.331 e. The minimum Gasteiger partial charge on any atom is -0.467 e. The first kappa shape index (κ1) is 15.7. The van der Waals surface area contributed by atoms with Crippen LogP contribution in [0.1, 0.15) is 25.8 Å². The Labute approximate surface area is 115 Å². The summed E-state index contributed by atoms with van der Waals surface area (Å²) in [7, 11) is 1.38. The molecular formula is C15H24N2O2. The van der Waals surface area contributed by atoms with Gasteiger partial charge in [0.25, 0.3) is 0 Å². The Morgan fingerprint density at radius 2 is 1.95 bits per heavy atom. The number of hydrogen-bond donors (Lipinski definition) is 1. The summed E-state index contributed by atoms with van der Waals surface area (Å²) >= 11 is 0. The maximum absolute atomic E-state index is 12.1. The zero-order valence-corrected chi connectivity index (χ0v) is 12.1. The van der Waals surface area contributed by atoms with Crippen molar-refractivity contribution in [3.8, 4) is 0 Å². The standard InChI is InChI=1S/C15H24N2O2/c1-4-11-17(5-2)12-15(16,14(18)19-3)13-9-7-6-8-10-13/h6-10H,4-5,11-12,16H2,1-3H3. The van der Waals surface area contributed by atoms with Gasteiger partial charge in [-0.15, -0.1) is 0 Å². The number of carbonyl (C=O) groups excluding carboxylic acids is 1. The normalized spacial score (nSPS) is 14.2. The van der Waals surface area contributed by atoms with E-state index in [1.807, 2.05) is 30.3 Å². The van der Waals surface area contributed by atoms with Crippen LogP contribution in [0.15, 0.2) is 30.3 Å². The Bertz CT molecular complexity index is 394. The van der Waals surface area contributed by atoms with E-state index in [1.54, 1.807) is 0 Å². The largest absolute Gasteiger partial charge is 0.467 e. The predicted octanol–water partition coefficient (Wildman–Crippen LogP) is 1.75. The molecule has 1 aromatic rings. The lowest BCUT2D eigenvalue weighted by Crippen LogP contribution is -2.54. The van der Waals surface area contributed by atoms with Gasteiger partial charge in [-0.2, -0.15) is 0 Å². The van der Waals surface area contributed by atoms with E-state index in [4.69, 9.17) is 10.5 Å². The molecule has 1 atom stereocenters. The summed E-state index contributed by atoms with van der Waals surface area (Å²) in [6, 6.07) is 9.42. The Morgan fingerprint density at radius 3 is 2.42 bits per heavy atom. The van der Waals surface area contributed by atoms with Crippen molar-refractivity contribution in [3.05, 3.63) is 35.9 Å². The van der Waals surface area contributed by atoms with E-state index in [-0.39, 0.29) is 0 Å². The fourth-order valence-corrected chi connectivity index (χ4v) is 2.21. The van der Waals surface area contributed by atoms with E-state index in [1.165, 1.54) is 7.11 Å². The number of hydrogen-bond acceptors (Lipinski definition) is 4. The van der Waals surface area contributed by atoms with Gasteiger partial charge in [-0.05, 0) is 25.1 Å². The van der Waals surface area contributed by atoms with Crippen LogP contribution in [0, 0.1) is 0 Å². The number of methoxy groups -OCH3 is 1. The van der Waals surface area contributed by atoms with Crippen molar-refractivity contribution in [2.45, 2.75) is 25.8 Å². The molecule has 19 heavy (non-hydrogen) atoms. The molecule has 0 heterocycles. The van der Waals surface area contributed by atoms with E-state index >= 15 is 0 Å². The second-order valence-corrected chi connectivity index (χ2v) is 4.70. The summed E-state index contributed by atoms with van der Waals surface area (Å²) in [5, 5.41) is 0. The van der Waals surface area contributed by atoms with Gasteiger partial charge >= 0.3 is 5.97 Å². The highest BCUT2D eigenvalue weighted by atomic mass is 16.5. The highest BCUT2D eigenvalue weighted by Gasteiger charge is 2.38. The van der Waals surface area contributed by atoms with Crippen LogP contribution in [0.2, 0.25) is 0 Å². The third kappa shape index (κ3) is 3.78. The summed E-state index contributed by atoms with van der Waals surface area (Å²) in [5.41, 5.74) is 6.04. The topological polar surface area (TPSA) is 55.6 Å². The molecule has 1 rings (SSSR count). The van der Waals surface area contributed by atoms with E-state index in [2.05, 4.69) is 18.7 Å². The predicted molar refractivity (Wildman–Crippen MR) is 76.7 cm³/mol. The van der Waals surface area contributed by atoms with Gasteiger partial charge in [0.05, 0.1) is 7.11 Å². The summed E-state index contributed by atoms with van der Waals surface area (Å²) < 4.78 is 4.90. The van der Waals surface area contributed by atoms with Crippen LogP contribution < -0.4 is 5.73 Å². The van der Waals surface area contributed by atoms with Gasteiger partial charge < -0.3 is 15.4 Å². The van der Waals surface area contributed by atoms with Crippen LogP contribution in [-0.2, 0) is 15.1 Å². The van der Waals surface area contributed by atoms with Crippen LogP contribution in [0.25, 0.3) is 0 Å². The Kier molecular flexibility index (Phi) is 5.99. The highest BCUT2D eigenvalue weighted by molar-refractivity contribution is 5.82.